The molecule has 1 fully saturated rings. The van der Waals surface area contributed by atoms with Gasteiger partial charge in [0.1, 0.15) is 0 Å². The Balaban J connectivity index is 2.42. The Hall–Kier alpha value is -0.660. The van der Waals surface area contributed by atoms with Crippen molar-refractivity contribution < 1.29 is 18.3 Å². The minimum absolute atomic E-state index is 0.0740. The van der Waals surface area contributed by atoms with Gasteiger partial charge in [-0.1, -0.05) is 0 Å². The van der Waals surface area contributed by atoms with Crippen molar-refractivity contribution in [2.24, 2.45) is 0 Å². The van der Waals surface area contributed by atoms with E-state index in [1.165, 1.54) is 0 Å². The van der Waals surface area contributed by atoms with Crippen molar-refractivity contribution >= 4 is 16.0 Å². The van der Waals surface area contributed by atoms with Crippen molar-refractivity contribution in [3.63, 3.8) is 0 Å². The van der Waals surface area contributed by atoms with Gasteiger partial charge in [0.2, 0.25) is 10.0 Å². The van der Waals surface area contributed by atoms with Crippen LogP contribution in [0.15, 0.2) is 0 Å². The molecule has 0 aromatic carbocycles. The second-order valence-corrected chi connectivity index (χ2v) is 6.03. The summed E-state index contributed by atoms with van der Waals surface area (Å²) in [6.07, 6.45) is 1.14. The second kappa shape index (κ2) is 5.60. The maximum Gasteiger partial charge on any atom is 0.304 e. The van der Waals surface area contributed by atoms with Gasteiger partial charge < -0.3 is 10.4 Å². The van der Waals surface area contributed by atoms with Gasteiger partial charge in [0.25, 0.3) is 0 Å². The number of rotatable bonds is 5. The van der Waals surface area contributed by atoms with E-state index in [1.807, 2.05) is 6.92 Å². The molecule has 0 aromatic rings. The van der Waals surface area contributed by atoms with Crippen molar-refractivity contribution in [3.05, 3.63) is 0 Å². The lowest BCUT2D eigenvalue weighted by Crippen LogP contribution is -2.47. The van der Waals surface area contributed by atoms with E-state index in [-0.39, 0.29) is 18.2 Å². The Labute approximate surface area is 95.5 Å². The van der Waals surface area contributed by atoms with Crippen molar-refractivity contribution in [2.45, 2.75) is 38.3 Å². The molecule has 0 spiro atoms. The molecule has 1 rings (SSSR count). The molecule has 1 aliphatic heterocycles. The lowest BCUT2D eigenvalue weighted by Gasteiger charge is -2.28. The predicted molar refractivity (Wildman–Crippen MR) is 59.7 cm³/mol. The molecule has 94 valence electrons. The van der Waals surface area contributed by atoms with Crippen molar-refractivity contribution in [2.75, 3.05) is 12.3 Å². The van der Waals surface area contributed by atoms with E-state index in [2.05, 4.69) is 10.0 Å². The Morgan fingerprint density at radius 1 is 1.56 bits per heavy atom. The van der Waals surface area contributed by atoms with E-state index in [9.17, 15) is 13.2 Å². The average molecular weight is 250 g/mol. The topological polar surface area (TPSA) is 95.5 Å². The first-order chi connectivity index (χ1) is 7.39. The number of carboxylic acid groups (broad SMARTS) is 1. The van der Waals surface area contributed by atoms with Crippen LogP contribution in [0.5, 0.6) is 0 Å². The monoisotopic (exact) mass is 250 g/mol. The molecule has 0 radical (unpaired) electrons. The molecule has 0 aromatic heterocycles. The number of carboxylic acids is 1. The van der Waals surface area contributed by atoms with Gasteiger partial charge in [-0.05, 0) is 26.3 Å². The third kappa shape index (κ3) is 4.91. The van der Waals surface area contributed by atoms with Gasteiger partial charge >= 0.3 is 5.97 Å². The molecule has 3 N–H and O–H groups in total. The largest absolute Gasteiger partial charge is 0.481 e. The van der Waals surface area contributed by atoms with Crippen LogP contribution < -0.4 is 10.0 Å². The molecule has 1 aliphatic rings. The van der Waals surface area contributed by atoms with E-state index < -0.39 is 16.0 Å². The fraction of sp³-hybridized carbons (Fsp3) is 0.889. The normalized spacial score (nSPS) is 26.6. The second-order valence-electron chi connectivity index (χ2n) is 4.16. The van der Waals surface area contributed by atoms with Gasteiger partial charge in [0.05, 0.1) is 12.2 Å². The first-order valence-corrected chi connectivity index (χ1v) is 6.99. The van der Waals surface area contributed by atoms with Crippen LogP contribution in [0.3, 0.4) is 0 Å². The quantitative estimate of drug-likeness (QED) is 0.612. The SMILES string of the molecule is CC1CC(NS(=O)(=O)CCC(=O)O)CCN1. The Morgan fingerprint density at radius 2 is 2.25 bits per heavy atom. The average Bonchev–Trinajstić information content (AvgIpc) is 2.14. The van der Waals surface area contributed by atoms with Crippen LogP contribution in [0.25, 0.3) is 0 Å². The zero-order valence-corrected chi connectivity index (χ0v) is 10.1. The summed E-state index contributed by atoms with van der Waals surface area (Å²) < 4.78 is 25.6. The minimum Gasteiger partial charge on any atom is -0.481 e. The van der Waals surface area contributed by atoms with Gasteiger partial charge in [-0.3, -0.25) is 4.79 Å². The number of nitrogens with one attached hydrogen (secondary N) is 2. The lowest BCUT2D eigenvalue weighted by atomic mass is 10.0. The maximum atomic E-state index is 11.5. The fourth-order valence-electron chi connectivity index (χ4n) is 1.77. The predicted octanol–water partition coefficient (Wildman–Crippen LogP) is -0.479. The number of sulfonamides is 1. The number of piperidine rings is 1. The summed E-state index contributed by atoms with van der Waals surface area (Å²) in [5, 5.41) is 11.6. The molecule has 2 unspecified atom stereocenters. The van der Waals surface area contributed by atoms with Gasteiger partial charge in [-0.25, -0.2) is 13.1 Å². The van der Waals surface area contributed by atoms with Crippen LogP contribution in [0.2, 0.25) is 0 Å². The highest BCUT2D eigenvalue weighted by Crippen LogP contribution is 2.09. The van der Waals surface area contributed by atoms with Crippen LogP contribution >= 0.6 is 0 Å². The molecule has 2 atom stereocenters. The van der Waals surface area contributed by atoms with Crippen LogP contribution in [0.1, 0.15) is 26.2 Å². The highest BCUT2D eigenvalue weighted by molar-refractivity contribution is 7.89. The molecule has 1 heterocycles. The standard InChI is InChI=1S/C9H18N2O4S/c1-7-6-8(2-4-10-7)11-16(14,15)5-3-9(12)13/h7-8,10-11H,2-6H2,1H3,(H,12,13). The third-order valence-corrected chi connectivity index (χ3v) is 3.99. The van der Waals surface area contributed by atoms with Gasteiger partial charge in [-0.15, -0.1) is 0 Å². The van der Waals surface area contributed by atoms with Gasteiger partial charge in [-0.2, -0.15) is 0 Å². The third-order valence-electron chi connectivity index (χ3n) is 2.55. The molecule has 7 heteroatoms. The molecule has 6 nitrogen and oxygen atoms in total. The molecular formula is C9H18N2O4S. The number of hydrogen-bond donors (Lipinski definition) is 3. The molecule has 0 bridgehead atoms. The first-order valence-electron chi connectivity index (χ1n) is 5.34. The highest BCUT2D eigenvalue weighted by atomic mass is 32.2. The number of aliphatic carboxylic acids is 1. The lowest BCUT2D eigenvalue weighted by molar-refractivity contribution is -0.136. The molecule has 16 heavy (non-hydrogen) atoms. The van der Waals surface area contributed by atoms with Gasteiger partial charge in [0, 0.05) is 12.1 Å². The smallest absolute Gasteiger partial charge is 0.304 e. The summed E-state index contributed by atoms with van der Waals surface area (Å²) in [7, 11) is -3.46. The molecule has 1 saturated heterocycles. The maximum absolute atomic E-state index is 11.5. The molecule has 0 saturated carbocycles. The fourth-order valence-corrected chi connectivity index (χ4v) is 3.06. The molecule has 0 aliphatic carbocycles. The summed E-state index contributed by atoms with van der Waals surface area (Å²) in [5.41, 5.74) is 0. The summed E-state index contributed by atoms with van der Waals surface area (Å²) in [4.78, 5) is 10.3. The molecule has 0 amide bonds. The minimum atomic E-state index is -3.46. The Bertz CT molecular complexity index is 341. The zero-order valence-electron chi connectivity index (χ0n) is 9.27. The highest BCUT2D eigenvalue weighted by Gasteiger charge is 2.23. The van der Waals surface area contributed by atoms with Crippen molar-refractivity contribution in [1.29, 1.82) is 0 Å². The van der Waals surface area contributed by atoms with E-state index in [0.717, 1.165) is 19.4 Å². The number of hydrogen-bond acceptors (Lipinski definition) is 4. The summed E-state index contributed by atoms with van der Waals surface area (Å²) >= 11 is 0. The van der Waals surface area contributed by atoms with E-state index >= 15 is 0 Å². The van der Waals surface area contributed by atoms with Crippen molar-refractivity contribution in [1.82, 2.24) is 10.0 Å². The van der Waals surface area contributed by atoms with E-state index in [0.29, 0.717) is 6.04 Å². The molecular weight excluding hydrogens is 232 g/mol. The zero-order chi connectivity index (χ0) is 12.2. The van der Waals surface area contributed by atoms with Crippen molar-refractivity contribution in [3.8, 4) is 0 Å². The number of carbonyl (C=O) groups is 1. The summed E-state index contributed by atoms with van der Waals surface area (Å²) in [6, 6.07) is 0.218. The van der Waals surface area contributed by atoms with Crippen LogP contribution in [0.4, 0.5) is 0 Å². The van der Waals surface area contributed by atoms with Crippen LogP contribution in [0, 0.1) is 0 Å². The van der Waals surface area contributed by atoms with E-state index in [4.69, 9.17) is 5.11 Å². The van der Waals surface area contributed by atoms with Gasteiger partial charge in [0.15, 0.2) is 0 Å². The first kappa shape index (κ1) is 13.4. The van der Waals surface area contributed by atoms with Crippen LogP contribution in [-0.4, -0.2) is 43.9 Å². The Morgan fingerprint density at radius 3 is 2.81 bits per heavy atom. The van der Waals surface area contributed by atoms with Crippen LogP contribution in [-0.2, 0) is 14.8 Å². The summed E-state index contributed by atoms with van der Waals surface area (Å²) in [5.74, 6) is -1.44. The summed E-state index contributed by atoms with van der Waals surface area (Å²) in [6.45, 7) is 2.78. The van der Waals surface area contributed by atoms with E-state index in [1.54, 1.807) is 0 Å². The Kier molecular flexibility index (Phi) is 4.69.